The summed E-state index contributed by atoms with van der Waals surface area (Å²) in [5, 5.41) is 0. The zero-order valence-corrected chi connectivity index (χ0v) is 12.3. The Labute approximate surface area is 119 Å². The van der Waals surface area contributed by atoms with E-state index in [9.17, 15) is 8.78 Å². The molecule has 0 aliphatic heterocycles. The zero-order valence-electron chi connectivity index (χ0n) is 12.3. The number of rotatable bonds is 8. The quantitative estimate of drug-likeness (QED) is 0.748. The first-order valence-electron chi connectivity index (χ1n) is 6.81. The molecular weight excluding hydrogens is 264 g/mol. The number of methoxy groups -OCH3 is 1. The van der Waals surface area contributed by atoms with E-state index in [0.717, 1.165) is 0 Å². The van der Waals surface area contributed by atoms with E-state index < -0.39 is 11.6 Å². The van der Waals surface area contributed by atoms with E-state index in [1.165, 1.54) is 12.1 Å². The van der Waals surface area contributed by atoms with Crippen molar-refractivity contribution in [3.05, 3.63) is 29.3 Å². The van der Waals surface area contributed by atoms with Gasteiger partial charge in [-0.25, -0.2) is 4.39 Å². The first kappa shape index (κ1) is 16.9. The maximum atomic E-state index is 13.6. The smallest absolute Gasteiger partial charge is 0.200 e. The molecule has 0 aromatic heterocycles. The molecule has 0 saturated heterocycles. The van der Waals surface area contributed by atoms with Gasteiger partial charge in [0.15, 0.2) is 11.6 Å². The third kappa shape index (κ3) is 5.06. The Bertz CT molecular complexity index is 425. The van der Waals surface area contributed by atoms with Gasteiger partial charge in [0.1, 0.15) is 0 Å². The zero-order chi connectivity index (χ0) is 15.1. The number of hydrogen-bond donors (Lipinski definition) is 1. The molecule has 1 atom stereocenters. The molecule has 2 N–H and O–H groups in total. The highest BCUT2D eigenvalue weighted by Gasteiger charge is 2.15. The molecule has 0 aliphatic rings. The molecule has 0 fully saturated rings. The average Bonchev–Trinajstić information content (AvgIpc) is 2.39. The van der Waals surface area contributed by atoms with Crippen LogP contribution in [-0.2, 0) is 11.2 Å². The second-order valence-electron chi connectivity index (χ2n) is 5.20. The molecule has 114 valence electrons. The van der Waals surface area contributed by atoms with Crippen LogP contribution in [0.4, 0.5) is 8.78 Å². The van der Waals surface area contributed by atoms with Crippen LogP contribution in [0, 0.1) is 17.6 Å². The summed E-state index contributed by atoms with van der Waals surface area (Å²) in [7, 11) is 1.58. The van der Waals surface area contributed by atoms with Gasteiger partial charge in [-0.15, -0.1) is 0 Å². The molecule has 0 bridgehead atoms. The summed E-state index contributed by atoms with van der Waals surface area (Å²) in [6.45, 7) is 4.78. The number of nitrogens with two attached hydrogens (primary N) is 1. The highest BCUT2D eigenvalue weighted by Crippen LogP contribution is 2.23. The summed E-state index contributed by atoms with van der Waals surface area (Å²) in [5.74, 6) is -1.65. The van der Waals surface area contributed by atoms with Crippen LogP contribution in [0.15, 0.2) is 12.1 Å². The third-order valence-corrected chi connectivity index (χ3v) is 3.13. The number of benzene rings is 1. The molecule has 0 saturated carbocycles. The molecule has 0 radical (unpaired) electrons. The van der Waals surface area contributed by atoms with Gasteiger partial charge in [0.25, 0.3) is 0 Å². The summed E-state index contributed by atoms with van der Waals surface area (Å²) < 4.78 is 37.3. The fourth-order valence-corrected chi connectivity index (χ4v) is 1.73. The summed E-state index contributed by atoms with van der Waals surface area (Å²) >= 11 is 0. The lowest BCUT2D eigenvalue weighted by molar-refractivity contribution is 0.170. The molecule has 1 aromatic carbocycles. The van der Waals surface area contributed by atoms with E-state index in [2.05, 4.69) is 0 Å². The van der Waals surface area contributed by atoms with E-state index >= 15 is 0 Å². The molecule has 1 rings (SSSR count). The fourth-order valence-electron chi connectivity index (χ4n) is 1.73. The van der Waals surface area contributed by atoms with Gasteiger partial charge in [0, 0.05) is 26.2 Å². The minimum Gasteiger partial charge on any atom is -0.490 e. The van der Waals surface area contributed by atoms with Gasteiger partial charge in [-0.2, -0.15) is 4.39 Å². The van der Waals surface area contributed by atoms with E-state index in [0.29, 0.717) is 25.0 Å². The maximum absolute atomic E-state index is 13.6. The highest BCUT2D eigenvalue weighted by molar-refractivity contribution is 5.32. The van der Waals surface area contributed by atoms with Gasteiger partial charge < -0.3 is 15.2 Å². The second-order valence-corrected chi connectivity index (χ2v) is 5.20. The number of halogens is 2. The van der Waals surface area contributed by atoms with Gasteiger partial charge in [-0.1, -0.05) is 13.8 Å². The van der Waals surface area contributed by atoms with Crippen molar-refractivity contribution in [2.75, 3.05) is 20.3 Å². The summed E-state index contributed by atoms with van der Waals surface area (Å²) in [6, 6.07) is 2.61. The van der Waals surface area contributed by atoms with Gasteiger partial charge >= 0.3 is 0 Å². The molecule has 0 heterocycles. The molecule has 0 amide bonds. The second kappa shape index (κ2) is 8.17. The van der Waals surface area contributed by atoms with Gasteiger partial charge in [-0.05, 0) is 30.0 Å². The lowest BCUT2D eigenvalue weighted by Gasteiger charge is -2.16. The van der Waals surface area contributed by atoms with Crippen molar-refractivity contribution in [1.82, 2.24) is 0 Å². The van der Waals surface area contributed by atoms with E-state index in [1.54, 1.807) is 7.11 Å². The lowest BCUT2D eigenvalue weighted by atomic mass is 9.97. The van der Waals surface area contributed by atoms with Crippen molar-refractivity contribution in [3.63, 3.8) is 0 Å². The Kier molecular flexibility index (Phi) is 6.88. The van der Waals surface area contributed by atoms with Crippen LogP contribution >= 0.6 is 0 Å². The summed E-state index contributed by atoms with van der Waals surface area (Å²) in [4.78, 5) is 0. The van der Waals surface area contributed by atoms with Crippen molar-refractivity contribution < 1.29 is 18.3 Å². The van der Waals surface area contributed by atoms with Gasteiger partial charge in [-0.3, -0.25) is 0 Å². The van der Waals surface area contributed by atoms with E-state index in [1.807, 2.05) is 13.8 Å². The monoisotopic (exact) mass is 287 g/mol. The normalized spacial score (nSPS) is 12.8. The molecular formula is C15H23F2NO2. The predicted octanol–water partition coefficient (Wildman–Crippen LogP) is 2.91. The number of ether oxygens (including phenoxy) is 2. The van der Waals surface area contributed by atoms with Crippen LogP contribution in [-0.4, -0.2) is 26.4 Å². The van der Waals surface area contributed by atoms with E-state index in [4.69, 9.17) is 15.2 Å². The average molecular weight is 287 g/mol. The van der Waals surface area contributed by atoms with E-state index in [-0.39, 0.29) is 24.3 Å². The Balaban J connectivity index is 2.75. The molecule has 5 heteroatoms. The highest BCUT2D eigenvalue weighted by atomic mass is 19.2. The standard InChI is InChI=1S/C15H23F2NO2/c1-10(2)13(18)8-11-7-12(16)15(17)14(9-11)20-6-4-5-19-3/h7,9-10,13H,4-6,8,18H2,1-3H3/t13-/m0/s1. The summed E-state index contributed by atoms with van der Waals surface area (Å²) in [6.07, 6.45) is 1.11. The molecule has 0 unspecified atom stereocenters. The van der Waals surface area contributed by atoms with Crippen molar-refractivity contribution in [3.8, 4) is 5.75 Å². The van der Waals surface area contributed by atoms with Crippen LogP contribution in [0.5, 0.6) is 5.75 Å². The van der Waals surface area contributed by atoms with Crippen LogP contribution in [0.2, 0.25) is 0 Å². The van der Waals surface area contributed by atoms with Crippen molar-refractivity contribution in [1.29, 1.82) is 0 Å². The molecule has 20 heavy (non-hydrogen) atoms. The predicted molar refractivity (Wildman–Crippen MR) is 74.9 cm³/mol. The first-order valence-corrected chi connectivity index (χ1v) is 6.81. The SMILES string of the molecule is COCCCOc1cc(C[C@H](N)C(C)C)cc(F)c1F. The fraction of sp³-hybridized carbons (Fsp3) is 0.600. The third-order valence-electron chi connectivity index (χ3n) is 3.13. The minimum atomic E-state index is -0.954. The molecule has 1 aromatic rings. The van der Waals surface area contributed by atoms with Crippen molar-refractivity contribution in [2.45, 2.75) is 32.7 Å². The van der Waals surface area contributed by atoms with Crippen LogP contribution in [0.1, 0.15) is 25.8 Å². The van der Waals surface area contributed by atoms with Crippen molar-refractivity contribution in [2.24, 2.45) is 11.7 Å². The Morgan fingerprint density at radius 1 is 1.20 bits per heavy atom. The first-order chi connectivity index (χ1) is 9.45. The molecule has 0 aliphatic carbocycles. The Morgan fingerprint density at radius 3 is 2.50 bits per heavy atom. The molecule has 3 nitrogen and oxygen atoms in total. The summed E-state index contributed by atoms with van der Waals surface area (Å²) in [5.41, 5.74) is 6.60. The van der Waals surface area contributed by atoms with Gasteiger partial charge in [0.05, 0.1) is 6.61 Å². The number of hydrogen-bond acceptors (Lipinski definition) is 3. The van der Waals surface area contributed by atoms with Crippen LogP contribution in [0.3, 0.4) is 0 Å². The lowest BCUT2D eigenvalue weighted by Crippen LogP contribution is -2.28. The topological polar surface area (TPSA) is 44.5 Å². The van der Waals surface area contributed by atoms with Crippen LogP contribution in [0.25, 0.3) is 0 Å². The molecule has 0 spiro atoms. The maximum Gasteiger partial charge on any atom is 0.200 e. The van der Waals surface area contributed by atoms with Gasteiger partial charge in [0.2, 0.25) is 5.82 Å². The Morgan fingerprint density at radius 2 is 1.90 bits per heavy atom. The Hall–Kier alpha value is -1.20. The largest absolute Gasteiger partial charge is 0.490 e. The van der Waals surface area contributed by atoms with Crippen LogP contribution < -0.4 is 10.5 Å². The van der Waals surface area contributed by atoms with Crippen molar-refractivity contribution >= 4 is 0 Å². The minimum absolute atomic E-state index is 0.0629.